The van der Waals surface area contributed by atoms with Gasteiger partial charge in [-0.3, -0.25) is 9.82 Å². The normalized spacial score (nSPS) is 9.38. The zero-order chi connectivity index (χ0) is 9.84. The molecule has 0 fully saturated rings. The molecular weight excluding hydrogens is 219 g/mol. The predicted molar refractivity (Wildman–Crippen MR) is 45.5 cm³/mol. The zero-order valence-electron chi connectivity index (χ0n) is 6.03. The molecule has 0 radical (unpaired) electrons. The Morgan fingerprint density at radius 3 is 2.38 bits per heavy atom. The van der Waals surface area contributed by atoms with Gasteiger partial charge in [-0.1, -0.05) is 23.2 Å². The fraction of sp³-hybridized carbons (Fsp3) is 0. The molecule has 0 N–H and O–H groups in total. The van der Waals surface area contributed by atoms with E-state index in [9.17, 15) is 9.70 Å². The highest BCUT2D eigenvalue weighted by molar-refractivity contribution is 6.39. The number of pyridine rings is 1. The maximum Gasteiger partial charge on any atom is 0.372 e. The second kappa shape index (κ2) is 4.15. The molecule has 0 aliphatic rings. The number of carbonyl (C=O) groups is 1. The molecule has 0 spiro atoms. The molecule has 7 heteroatoms. The van der Waals surface area contributed by atoms with Gasteiger partial charge in [-0.25, -0.2) is 4.79 Å². The minimum absolute atomic E-state index is 0.00106. The highest BCUT2D eigenvalue weighted by Gasteiger charge is 2.17. The molecule has 0 atom stereocenters. The second-order valence-electron chi connectivity index (χ2n) is 1.93. The predicted octanol–water partition coefficient (Wildman–Crippen LogP) is 2.23. The number of carbonyl (C=O) groups excluding carboxylic acids is 1. The van der Waals surface area contributed by atoms with E-state index >= 15 is 0 Å². The van der Waals surface area contributed by atoms with Crippen molar-refractivity contribution in [3.63, 3.8) is 0 Å². The third-order valence-corrected chi connectivity index (χ3v) is 1.75. The minimum Gasteiger partial charge on any atom is -0.279 e. The SMILES string of the molecule is O=NOC(=O)c1c(Cl)cncc1Cl. The Morgan fingerprint density at radius 1 is 1.38 bits per heavy atom. The van der Waals surface area contributed by atoms with Crippen molar-refractivity contribution in [1.82, 2.24) is 4.98 Å². The third kappa shape index (κ3) is 2.13. The summed E-state index contributed by atoms with van der Waals surface area (Å²) in [5.74, 6) is -1.01. The standard InChI is InChI=1S/C6H2Cl2N2O3/c7-3-1-9-2-4(8)5(3)6(11)13-10-12/h1-2H. The summed E-state index contributed by atoms with van der Waals surface area (Å²) in [7, 11) is 0. The maximum absolute atomic E-state index is 11.0. The fourth-order valence-electron chi connectivity index (χ4n) is 0.686. The van der Waals surface area contributed by atoms with Crippen molar-refractivity contribution in [2.24, 2.45) is 5.34 Å². The Kier molecular flexibility index (Phi) is 3.16. The molecule has 13 heavy (non-hydrogen) atoms. The molecule has 1 aromatic heterocycles. The summed E-state index contributed by atoms with van der Waals surface area (Å²) in [6.07, 6.45) is 2.41. The van der Waals surface area contributed by atoms with Crippen LogP contribution in [0.2, 0.25) is 10.0 Å². The highest BCUT2D eigenvalue weighted by atomic mass is 35.5. The second-order valence-corrected chi connectivity index (χ2v) is 2.75. The van der Waals surface area contributed by atoms with Crippen LogP contribution in [0.25, 0.3) is 0 Å². The molecule has 0 bridgehead atoms. The Balaban J connectivity index is 3.12. The van der Waals surface area contributed by atoms with E-state index < -0.39 is 5.97 Å². The lowest BCUT2D eigenvalue weighted by Crippen LogP contribution is -2.02. The molecule has 0 aromatic carbocycles. The molecule has 1 rings (SSSR count). The van der Waals surface area contributed by atoms with Crippen molar-refractivity contribution in [3.8, 4) is 0 Å². The molecular formula is C6H2Cl2N2O3. The van der Waals surface area contributed by atoms with Crippen molar-refractivity contribution in [3.05, 3.63) is 32.9 Å². The quantitative estimate of drug-likeness (QED) is 0.567. The lowest BCUT2D eigenvalue weighted by Gasteiger charge is -2.00. The summed E-state index contributed by atoms with van der Waals surface area (Å²) >= 11 is 11.1. The maximum atomic E-state index is 11.0. The molecule has 0 saturated carbocycles. The summed E-state index contributed by atoms with van der Waals surface area (Å²) < 4.78 is 0. The van der Waals surface area contributed by atoms with Crippen molar-refractivity contribution in [2.45, 2.75) is 0 Å². The summed E-state index contributed by atoms with van der Waals surface area (Å²) in [6.45, 7) is 0. The zero-order valence-corrected chi connectivity index (χ0v) is 7.54. The highest BCUT2D eigenvalue weighted by Crippen LogP contribution is 2.23. The summed E-state index contributed by atoms with van der Waals surface area (Å²) in [5, 5.41) is 1.96. The van der Waals surface area contributed by atoms with Crippen LogP contribution < -0.4 is 0 Å². The lowest BCUT2D eigenvalue weighted by atomic mass is 10.3. The van der Waals surface area contributed by atoms with Crippen LogP contribution in [0.5, 0.6) is 0 Å². The van der Waals surface area contributed by atoms with Crippen molar-refractivity contribution in [1.29, 1.82) is 0 Å². The number of nitrogens with zero attached hydrogens (tertiary/aromatic N) is 2. The number of aromatic nitrogens is 1. The molecule has 5 nitrogen and oxygen atoms in total. The van der Waals surface area contributed by atoms with Gasteiger partial charge < -0.3 is 0 Å². The fourth-order valence-corrected chi connectivity index (χ4v) is 1.20. The lowest BCUT2D eigenvalue weighted by molar-refractivity contribution is 0.0508. The van der Waals surface area contributed by atoms with E-state index in [2.05, 4.69) is 9.82 Å². The van der Waals surface area contributed by atoms with Crippen LogP contribution >= 0.6 is 23.2 Å². The first-order valence-corrected chi connectivity index (χ1v) is 3.75. The van der Waals surface area contributed by atoms with E-state index in [-0.39, 0.29) is 15.6 Å². The smallest absolute Gasteiger partial charge is 0.279 e. The van der Waals surface area contributed by atoms with Crippen molar-refractivity contribution < 1.29 is 9.63 Å². The molecule has 0 unspecified atom stereocenters. The Labute approximate surface area is 82.5 Å². The molecule has 0 aliphatic heterocycles. The number of rotatable bonds is 2. The van der Waals surface area contributed by atoms with Gasteiger partial charge in [0.25, 0.3) is 0 Å². The van der Waals surface area contributed by atoms with Gasteiger partial charge in [-0.05, 0) is 0 Å². The first-order chi connectivity index (χ1) is 6.16. The summed E-state index contributed by atoms with van der Waals surface area (Å²) in [4.78, 5) is 28.0. The first kappa shape index (κ1) is 9.88. The Morgan fingerprint density at radius 2 is 1.92 bits per heavy atom. The van der Waals surface area contributed by atoms with Gasteiger partial charge in [0, 0.05) is 12.4 Å². The van der Waals surface area contributed by atoms with Gasteiger partial charge in [0.2, 0.25) is 0 Å². The van der Waals surface area contributed by atoms with Gasteiger partial charge >= 0.3 is 5.97 Å². The van der Waals surface area contributed by atoms with Gasteiger partial charge in [-0.15, -0.1) is 4.91 Å². The largest absolute Gasteiger partial charge is 0.372 e. The molecule has 0 aliphatic carbocycles. The van der Waals surface area contributed by atoms with Gasteiger partial charge in [0.05, 0.1) is 10.0 Å². The average molecular weight is 221 g/mol. The Hall–Kier alpha value is -1.20. The van der Waals surface area contributed by atoms with Crippen LogP contribution in [0, 0.1) is 4.91 Å². The minimum atomic E-state index is -1.01. The topological polar surface area (TPSA) is 68.6 Å². The summed E-state index contributed by atoms with van der Waals surface area (Å²) in [5.41, 5.74) is -0.127. The number of hydrogen-bond donors (Lipinski definition) is 0. The van der Waals surface area contributed by atoms with Gasteiger partial charge in [0.15, 0.2) is 5.34 Å². The molecule has 0 saturated heterocycles. The average Bonchev–Trinajstić information content (AvgIpc) is 2.04. The van der Waals surface area contributed by atoms with E-state index in [1.807, 2.05) is 5.34 Å². The van der Waals surface area contributed by atoms with E-state index in [0.717, 1.165) is 0 Å². The number of hydrogen-bond acceptors (Lipinski definition) is 5. The van der Waals surface area contributed by atoms with Crippen LogP contribution in [-0.2, 0) is 4.84 Å². The Bertz CT molecular complexity index is 335. The van der Waals surface area contributed by atoms with E-state index in [4.69, 9.17) is 23.2 Å². The van der Waals surface area contributed by atoms with Crippen LogP contribution in [0.1, 0.15) is 10.4 Å². The van der Waals surface area contributed by atoms with Crippen LogP contribution in [-0.4, -0.2) is 11.0 Å². The van der Waals surface area contributed by atoms with E-state index in [1.54, 1.807) is 0 Å². The van der Waals surface area contributed by atoms with Crippen molar-refractivity contribution >= 4 is 29.2 Å². The first-order valence-electron chi connectivity index (χ1n) is 3.00. The summed E-state index contributed by atoms with van der Waals surface area (Å²) in [6, 6.07) is 0. The van der Waals surface area contributed by atoms with Crippen LogP contribution in [0.4, 0.5) is 0 Å². The number of halogens is 2. The van der Waals surface area contributed by atoms with E-state index in [1.165, 1.54) is 12.4 Å². The molecule has 1 aromatic rings. The molecule has 68 valence electrons. The van der Waals surface area contributed by atoms with Gasteiger partial charge in [-0.2, -0.15) is 0 Å². The van der Waals surface area contributed by atoms with E-state index in [0.29, 0.717) is 0 Å². The van der Waals surface area contributed by atoms with Crippen LogP contribution in [0.3, 0.4) is 0 Å². The van der Waals surface area contributed by atoms with Crippen molar-refractivity contribution in [2.75, 3.05) is 0 Å². The monoisotopic (exact) mass is 220 g/mol. The molecule has 0 amide bonds. The molecule has 1 heterocycles. The third-order valence-electron chi connectivity index (χ3n) is 1.18. The van der Waals surface area contributed by atoms with Gasteiger partial charge in [0.1, 0.15) is 5.56 Å². The van der Waals surface area contributed by atoms with Crippen LogP contribution in [0.15, 0.2) is 17.7 Å².